The Hall–Kier alpha value is -0.260. The zero-order valence-electron chi connectivity index (χ0n) is 11.7. The van der Waals surface area contributed by atoms with Crippen LogP contribution in [0.15, 0.2) is 12.2 Å². The molecule has 0 nitrogen and oxygen atoms in total. The Kier molecular flexibility index (Phi) is 6.24. The van der Waals surface area contributed by atoms with Gasteiger partial charge in [-0.3, -0.25) is 0 Å². The summed E-state index contributed by atoms with van der Waals surface area (Å²) in [7, 11) is 0. The standard InChI is InChI=1S/C15H30/c1-14(2,3)12-10-8-7-9-11-13-15(4,5)6/h8,10H,7,9,11-13H2,1-6H3/b10-8+. The largest absolute Gasteiger partial charge is 0.0885 e. The van der Waals surface area contributed by atoms with Crippen molar-refractivity contribution in [2.75, 3.05) is 0 Å². The first-order valence-corrected chi connectivity index (χ1v) is 6.36. The van der Waals surface area contributed by atoms with Crippen molar-refractivity contribution in [3.8, 4) is 0 Å². The van der Waals surface area contributed by atoms with Crippen LogP contribution in [0.5, 0.6) is 0 Å². The van der Waals surface area contributed by atoms with Crippen molar-refractivity contribution < 1.29 is 0 Å². The number of hydrogen-bond donors (Lipinski definition) is 0. The molecule has 0 saturated carbocycles. The van der Waals surface area contributed by atoms with Crippen molar-refractivity contribution in [1.82, 2.24) is 0 Å². The predicted octanol–water partition coefficient (Wildman–Crippen LogP) is 5.59. The SMILES string of the molecule is CC(C)(C)C/C=C/CCCCC(C)(C)C. The van der Waals surface area contributed by atoms with Gasteiger partial charge >= 0.3 is 0 Å². The average Bonchev–Trinajstić information content (AvgIpc) is 1.98. The summed E-state index contributed by atoms with van der Waals surface area (Å²) in [4.78, 5) is 0. The molecule has 0 spiro atoms. The molecule has 0 aromatic rings. The van der Waals surface area contributed by atoms with Crippen molar-refractivity contribution in [3.63, 3.8) is 0 Å². The number of unbranched alkanes of at least 4 members (excludes halogenated alkanes) is 2. The second-order valence-corrected chi connectivity index (χ2v) is 7.04. The maximum atomic E-state index is 2.36. The minimum absolute atomic E-state index is 0.446. The van der Waals surface area contributed by atoms with Crippen molar-refractivity contribution in [3.05, 3.63) is 12.2 Å². The zero-order valence-corrected chi connectivity index (χ0v) is 11.7. The van der Waals surface area contributed by atoms with Crippen molar-refractivity contribution in [2.45, 2.75) is 73.6 Å². The molecule has 0 atom stereocenters. The van der Waals surface area contributed by atoms with Crippen LogP contribution in [0.4, 0.5) is 0 Å². The first-order valence-electron chi connectivity index (χ1n) is 6.36. The lowest BCUT2D eigenvalue weighted by molar-refractivity contribution is 0.361. The molecule has 0 aromatic heterocycles. The summed E-state index contributed by atoms with van der Waals surface area (Å²) >= 11 is 0. The topological polar surface area (TPSA) is 0 Å². The number of allylic oxidation sites excluding steroid dienone is 2. The highest BCUT2D eigenvalue weighted by Crippen LogP contribution is 2.22. The lowest BCUT2D eigenvalue weighted by atomic mass is 9.89. The van der Waals surface area contributed by atoms with E-state index in [4.69, 9.17) is 0 Å². The van der Waals surface area contributed by atoms with E-state index in [9.17, 15) is 0 Å². The smallest absolute Gasteiger partial charge is 0.0302 e. The Morgan fingerprint density at radius 2 is 1.33 bits per heavy atom. The molecule has 0 fully saturated rings. The van der Waals surface area contributed by atoms with Gasteiger partial charge in [-0.05, 0) is 36.5 Å². The molecule has 0 rings (SSSR count). The molecule has 15 heavy (non-hydrogen) atoms. The van der Waals surface area contributed by atoms with E-state index in [0.717, 1.165) is 0 Å². The highest BCUT2D eigenvalue weighted by Gasteiger charge is 2.08. The summed E-state index contributed by atoms with van der Waals surface area (Å²) in [6, 6.07) is 0. The van der Waals surface area contributed by atoms with Crippen LogP contribution in [-0.4, -0.2) is 0 Å². The van der Waals surface area contributed by atoms with E-state index >= 15 is 0 Å². The molecule has 0 amide bonds. The molecule has 0 radical (unpaired) electrons. The van der Waals surface area contributed by atoms with Crippen LogP contribution < -0.4 is 0 Å². The minimum atomic E-state index is 0.446. The Morgan fingerprint density at radius 1 is 0.733 bits per heavy atom. The van der Waals surface area contributed by atoms with E-state index in [2.05, 4.69) is 53.7 Å². The van der Waals surface area contributed by atoms with E-state index in [1.165, 1.54) is 32.1 Å². The third-order valence-corrected chi connectivity index (χ3v) is 2.44. The van der Waals surface area contributed by atoms with Crippen molar-refractivity contribution >= 4 is 0 Å². The summed E-state index contributed by atoms with van der Waals surface area (Å²) in [5, 5.41) is 0. The molecule has 0 bridgehead atoms. The van der Waals surface area contributed by atoms with E-state index < -0.39 is 0 Å². The fraction of sp³-hybridized carbons (Fsp3) is 0.867. The highest BCUT2D eigenvalue weighted by atomic mass is 14.1. The van der Waals surface area contributed by atoms with E-state index in [-0.39, 0.29) is 0 Å². The fourth-order valence-electron chi connectivity index (χ4n) is 1.47. The molecule has 0 aliphatic heterocycles. The average molecular weight is 210 g/mol. The molecule has 0 heteroatoms. The van der Waals surface area contributed by atoms with Gasteiger partial charge in [0.25, 0.3) is 0 Å². The van der Waals surface area contributed by atoms with Crippen LogP contribution in [0.1, 0.15) is 73.6 Å². The van der Waals surface area contributed by atoms with E-state index in [1.807, 2.05) is 0 Å². The fourth-order valence-corrected chi connectivity index (χ4v) is 1.47. The molecule has 0 unspecified atom stereocenters. The number of rotatable bonds is 5. The van der Waals surface area contributed by atoms with Gasteiger partial charge in [0.05, 0.1) is 0 Å². The Bertz CT molecular complexity index is 173. The molecule has 0 aliphatic rings. The lowest BCUT2D eigenvalue weighted by Gasteiger charge is -2.17. The number of hydrogen-bond acceptors (Lipinski definition) is 0. The molecule has 0 N–H and O–H groups in total. The summed E-state index contributed by atoms with van der Waals surface area (Å²) in [6.45, 7) is 13.8. The van der Waals surface area contributed by atoms with Crippen LogP contribution in [-0.2, 0) is 0 Å². The molecular formula is C15H30. The molecule has 0 aliphatic carbocycles. The first-order chi connectivity index (χ1) is 6.71. The van der Waals surface area contributed by atoms with Crippen LogP contribution >= 0.6 is 0 Å². The van der Waals surface area contributed by atoms with Crippen LogP contribution in [0.25, 0.3) is 0 Å². The van der Waals surface area contributed by atoms with E-state index in [0.29, 0.717) is 10.8 Å². The normalized spacial score (nSPS) is 13.7. The second-order valence-electron chi connectivity index (χ2n) is 7.04. The van der Waals surface area contributed by atoms with Gasteiger partial charge in [-0.2, -0.15) is 0 Å². The minimum Gasteiger partial charge on any atom is -0.0885 e. The second kappa shape index (κ2) is 6.35. The Labute approximate surface area is 97.2 Å². The first kappa shape index (κ1) is 14.7. The van der Waals surface area contributed by atoms with Crippen LogP contribution in [0, 0.1) is 10.8 Å². The lowest BCUT2D eigenvalue weighted by Crippen LogP contribution is -2.03. The van der Waals surface area contributed by atoms with Gasteiger partial charge in [-0.15, -0.1) is 0 Å². The van der Waals surface area contributed by atoms with Gasteiger partial charge in [0.15, 0.2) is 0 Å². The monoisotopic (exact) mass is 210 g/mol. The molecule has 0 heterocycles. The zero-order chi connectivity index (χ0) is 11.9. The van der Waals surface area contributed by atoms with Gasteiger partial charge in [-0.25, -0.2) is 0 Å². The third kappa shape index (κ3) is 13.7. The van der Waals surface area contributed by atoms with Crippen molar-refractivity contribution in [1.29, 1.82) is 0 Å². The van der Waals surface area contributed by atoms with Gasteiger partial charge in [0, 0.05) is 0 Å². The van der Waals surface area contributed by atoms with Gasteiger partial charge < -0.3 is 0 Å². The van der Waals surface area contributed by atoms with Crippen LogP contribution in [0.2, 0.25) is 0 Å². The van der Waals surface area contributed by atoms with Crippen LogP contribution in [0.3, 0.4) is 0 Å². The highest BCUT2D eigenvalue weighted by molar-refractivity contribution is 4.85. The molecule has 0 saturated heterocycles. The third-order valence-electron chi connectivity index (χ3n) is 2.44. The predicted molar refractivity (Wildman–Crippen MR) is 71.1 cm³/mol. The van der Waals surface area contributed by atoms with Gasteiger partial charge in [0.2, 0.25) is 0 Å². The molecule has 0 aromatic carbocycles. The summed E-state index contributed by atoms with van der Waals surface area (Å²) in [6.07, 6.45) is 11.2. The summed E-state index contributed by atoms with van der Waals surface area (Å²) in [5.41, 5.74) is 0.955. The Balaban J connectivity index is 3.40. The van der Waals surface area contributed by atoms with E-state index in [1.54, 1.807) is 0 Å². The summed E-state index contributed by atoms with van der Waals surface area (Å²) < 4.78 is 0. The molecule has 90 valence electrons. The molecular weight excluding hydrogens is 180 g/mol. The van der Waals surface area contributed by atoms with Gasteiger partial charge in [-0.1, -0.05) is 60.1 Å². The van der Waals surface area contributed by atoms with Crippen molar-refractivity contribution in [2.24, 2.45) is 10.8 Å². The Morgan fingerprint density at radius 3 is 1.80 bits per heavy atom. The van der Waals surface area contributed by atoms with Gasteiger partial charge in [0.1, 0.15) is 0 Å². The maximum absolute atomic E-state index is 2.36. The maximum Gasteiger partial charge on any atom is -0.0302 e. The quantitative estimate of drug-likeness (QED) is 0.410. The summed E-state index contributed by atoms with van der Waals surface area (Å²) in [5.74, 6) is 0.